The molecule has 0 atom stereocenters. The van der Waals surface area contributed by atoms with Crippen molar-refractivity contribution >= 4 is 45.8 Å². The standard InChI is InChI=1S/C25H21N7O/c1-15-11-16(2)13-18(12-15)29-25(33)21-22-24(31-20-6-4-3-5-19(20)30-22)32(23(21)26)28-14-17-7-9-27-10-8-17/h3-14H,26H2,1-2H3,(H,29,33)/b28-14+. The number of nitrogens with one attached hydrogen (secondary N) is 1. The lowest BCUT2D eigenvalue weighted by atomic mass is 10.1. The second kappa shape index (κ2) is 8.16. The summed E-state index contributed by atoms with van der Waals surface area (Å²) in [6, 6.07) is 17.0. The third kappa shape index (κ3) is 3.89. The summed E-state index contributed by atoms with van der Waals surface area (Å²) in [6.45, 7) is 3.96. The van der Waals surface area contributed by atoms with Crippen LogP contribution in [-0.2, 0) is 0 Å². The summed E-state index contributed by atoms with van der Waals surface area (Å²) < 4.78 is 1.45. The Balaban J connectivity index is 1.67. The van der Waals surface area contributed by atoms with Crippen LogP contribution in [0.5, 0.6) is 0 Å². The maximum Gasteiger partial charge on any atom is 0.261 e. The molecule has 0 spiro atoms. The largest absolute Gasteiger partial charge is 0.383 e. The summed E-state index contributed by atoms with van der Waals surface area (Å²) in [7, 11) is 0. The maximum atomic E-state index is 13.4. The van der Waals surface area contributed by atoms with Gasteiger partial charge in [0.15, 0.2) is 5.65 Å². The molecule has 1 amide bonds. The van der Waals surface area contributed by atoms with Gasteiger partial charge in [-0.2, -0.15) is 9.78 Å². The fraction of sp³-hybridized carbons (Fsp3) is 0.0800. The van der Waals surface area contributed by atoms with E-state index >= 15 is 0 Å². The van der Waals surface area contributed by atoms with Gasteiger partial charge in [0.05, 0.1) is 17.2 Å². The molecule has 162 valence electrons. The number of aromatic nitrogens is 4. The van der Waals surface area contributed by atoms with Gasteiger partial charge in [-0.3, -0.25) is 9.78 Å². The molecule has 8 heteroatoms. The Morgan fingerprint density at radius 1 is 1.00 bits per heavy atom. The highest BCUT2D eigenvalue weighted by atomic mass is 16.1. The van der Waals surface area contributed by atoms with E-state index in [0.29, 0.717) is 27.9 Å². The van der Waals surface area contributed by atoms with Gasteiger partial charge >= 0.3 is 0 Å². The number of rotatable bonds is 4. The smallest absolute Gasteiger partial charge is 0.261 e. The molecule has 8 nitrogen and oxygen atoms in total. The number of nitrogen functional groups attached to an aromatic ring is 1. The van der Waals surface area contributed by atoms with E-state index in [0.717, 1.165) is 16.7 Å². The second-order valence-corrected chi connectivity index (χ2v) is 7.81. The molecule has 2 aromatic carbocycles. The number of hydrogen-bond acceptors (Lipinski definition) is 6. The van der Waals surface area contributed by atoms with Crippen molar-refractivity contribution in [2.45, 2.75) is 13.8 Å². The molecule has 0 aliphatic carbocycles. The quantitative estimate of drug-likeness (QED) is 0.409. The first-order valence-corrected chi connectivity index (χ1v) is 10.4. The Labute approximate surface area is 189 Å². The molecule has 5 rings (SSSR count). The fourth-order valence-corrected chi connectivity index (χ4v) is 3.80. The Morgan fingerprint density at radius 2 is 1.67 bits per heavy atom. The molecular formula is C25H21N7O. The number of hydrogen-bond donors (Lipinski definition) is 2. The number of nitrogens with two attached hydrogens (primary N) is 1. The summed E-state index contributed by atoms with van der Waals surface area (Å²) in [5.74, 6) is -0.211. The van der Waals surface area contributed by atoms with Crippen molar-refractivity contribution in [3.63, 3.8) is 0 Å². The lowest BCUT2D eigenvalue weighted by molar-refractivity contribution is 0.102. The summed E-state index contributed by atoms with van der Waals surface area (Å²) in [5.41, 5.74) is 12.4. The van der Waals surface area contributed by atoms with Crippen molar-refractivity contribution in [1.82, 2.24) is 19.6 Å². The lowest BCUT2D eigenvalue weighted by Crippen LogP contribution is -2.14. The van der Waals surface area contributed by atoms with Crippen molar-refractivity contribution in [2.24, 2.45) is 5.10 Å². The van der Waals surface area contributed by atoms with E-state index in [9.17, 15) is 4.79 Å². The Morgan fingerprint density at radius 3 is 2.36 bits per heavy atom. The van der Waals surface area contributed by atoms with Crippen molar-refractivity contribution in [3.8, 4) is 0 Å². The fourth-order valence-electron chi connectivity index (χ4n) is 3.80. The van der Waals surface area contributed by atoms with Crippen molar-refractivity contribution < 1.29 is 4.79 Å². The number of fused-ring (bicyclic) bond motifs is 2. The van der Waals surface area contributed by atoms with Crippen molar-refractivity contribution in [2.75, 3.05) is 11.1 Å². The van der Waals surface area contributed by atoms with Gasteiger partial charge < -0.3 is 11.1 Å². The highest BCUT2D eigenvalue weighted by molar-refractivity contribution is 6.16. The number of nitrogens with zero attached hydrogens (tertiary/aromatic N) is 5. The number of para-hydroxylation sites is 2. The number of carbonyl (C=O) groups excluding carboxylic acids is 1. The van der Waals surface area contributed by atoms with Crippen LogP contribution in [0.4, 0.5) is 11.5 Å². The van der Waals surface area contributed by atoms with Gasteiger partial charge in [0.1, 0.15) is 16.9 Å². The molecule has 3 aromatic heterocycles. The highest BCUT2D eigenvalue weighted by Gasteiger charge is 2.24. The van der Waals surface area contributed by atoms with E-state index in [2.05, 4.69) is 15.4 Å². The van der Waals surface area contributed by atoms with E-state index < -0.39 is 0 Å². The predicted molar refractivity (Wildman–Crippen MR) is 131 cm³/mol. The maximum absolute atomic E-state index is 13.4. The molecule has 0 unspecified atom stereocenters. The van der Waals surface area contributed by atoms with Crippen LogP contribution < -0.4 is 11.1 Å². The lowest BCUT2D eigenvalue weighted by Gasteiger charge is -2.08. The van der Waals surface area contributed by atoms with Crippen LogP contribution in [0, 0.1) is 13.8 Å². The highest BCUT2D eigenvalue weighted by Crippen LogP contribution is 2.29. The third-order valence-electron chi connectivity index (χ3n) is 5.21. The second-order valence-electron chi connectivity index (χ2n) is 7.81. The van der Waals surface area contributed by atoms with E-state index in [1.807, 2.05) is 68.4 Å². The summed E-state index contributed by atoms with van der Waals surface area (Å²) in [6.07, 6.45) is 4.99. The predicted octanol–water partition coefficient (Wildman–Crippen LogP) is 4.31. The Hall–Kier alpha value is -4.59. The zero-order valence-corrected chi connectivity index (χ0v) is 18.1. The molecule has 5 aromatic rings. The number of anilines is 2. The zero-order chi connectivity index (χ0) is 22.9. The van der Waals surface area contributed by atoms with Crippen LogP contribution in [0.1, 0.15) is 27.0 Å². The first-order valence-electron chi connectivity index (χ1n) is 10.4. The van der Waals surface area contributed by atoms with Crippen LogP contribution in [0.15, 0.2) is 72.1 Å². The normalized spacial score (nSPS) is 11.5. The molecule has 0 fully saturated rings. The Bertz CT molecular complexity index is 1520. The van der Waals surface area contributed by atoms with E-state index in [4.69, 9.17) is 15.7 Å². The van der Waals surface area contributed by atoms with Gasteiger partial charge in [0, 0.05) is 18.1 Å². The summed E-state index contributed by atoms with van der Waals surface area (Å²) in [5, 5.41) is 7.45. The van der Waals surface area contributed by atoms with Gasteiger partial charge in [-0.1, -0.05) is 18.2 Å². The van der Waals surface area contributed by atoms with Crippen LogP contribution in [-0.4, -0.2) is 31.7 Å². The van der Waals surface area contributed by atoms with Gasteiger partial charge in [-0.05, 0) is 66.9 Å². The molecule has 0 bridgehead atoms. The first kappa shape index (κ1) is 20.3. The number of benzene rings is 2. The molecule has 3 heterocycles. The molecule has 0 saturated heterocycles. The van der Waals surface area contributed by atoms with Crippen LogP contribution in [0.2, 0.25) is 0 Å². The molecule has 0 saturated carbocycles. The number of amides is 1. The summed E-state index contributed by atoms with van der Waals surface area (Å²) in [4.78, 5) is 26.8. The minimum absolute atomic E-state index is 0.160. The minimum Gasteiger partial charge on any atom is -0.383 e. The average Bonchev–Trinajstić information content (AvgIpc) is 3.06. The monoisotopic (exact) mass is 435 g/mol. The molecule has 0 aliphatic heterocycles. The third-order valence-corrected chi connectivity index (χ3v) is 5.21. The molecule has 0 radical (unpaired) electrons. The van der Waals surface area contributed by atoms with Crippen LogP contribution in [0.25, 0.3) is 22.2 Å². The van der Waals surface area contributed by atoms with Crippen LogP contribution >= 0.6 is 0 Å². The minimum atomic E-state index is -0.370. The number of pyridine rings is 1. The average molecular weight is 435 g/mol. The van der Waals surface area contributed by atoms with E-state index in [1.165, 1.54) is 4.68 Å². The van der Waals surface area contributed by atoms with Crippen molar-refractivity contribution in [1.29, 1.82) is 0 Å². The van der Waals surface area contributed by atoms with E-state index in [-0.39, 0.29) is 17.3 Å². The van der Waals surface area contributed by atoms with Crippen molar-refractivity contribution in [3.05, 3.63) is 89.2 Å². The van der Waals surface area contributed by atoms with Gasteiger partial charge in [-0.25, -0.2) is 9.97 Å². The van der Waals surface area contributed by atoms with Gasteiger partial charge in [-0.15, -0.1) is 0 Å². The molecule has 33 heavy (non-hydrogen) atoms. The number of aryl methyl sites for hydroxylation is 2. The number of carbonyl (C=O) groups is 1. The molecule has 3 N–H and O–H groups in total. The molecule has 0 aliphatic rings. The van der Waals surface area contributed by atoms with Crippen LogP contribution in [0.3, 0.4) is 0 Å². The SMILES string of the molecule is Cc1cc(C)cc(NC(=O)c2c(N)n(/N=C/c3ccncc3)c3nc4ccccc4nc23)c1. The topological polar surface area (TPSA) is 111 Å². The Kier molecular flexibility index (Phi) is 5.02. The first-order chi connectivity index (χ1) is 16.0. The van der Waals surface area contributed by atoms with Gasteiger partial charge in [0.25, 0.3) is 5.91 Å². The molecular weight excluding hydrogens is 414 g/mol. The van der Waals surface area contributed by atoms with Gasteiger partial charge in [0.2, 0.25) is 0 Å². The zero-order valence-electron chi connectivity index (χ0n) is 18.1. The van der Waals surface area contributed by atoms with E-state index in [1.54, 1.807) is 18.6 Å². The summed E-state index contributed by atoms with van der Waals surface area (Å²) >= 11 is 0.